The molecule has 0 spiro atoms. The zero-order valence-electron chi connectivity index (χ0n) is 15.8. The fourth-order valence-electron chi connectivity index (χ4n) is 2.91. The van der Waals surface area contributed by atoms with Crippen molar-refractivity contribution in [1.29, 1.82) is 0 Å². The SMILES string of the molecule is OCCC#Cc1cc(CCO)cc(-c2ccc(OCc3ccccc3)cc2)c1. The molecule has 0 aliphatic rings. The molecule has 3 aromatic carbocycles. The van der Waals surface area contributed by atoms with E-state index in [2.05, 4.69) is 17.9 Å². The van der Waals surface area contributed by atoms with Gasteiger partial charge in [0.25, 0.3) is 0 Å². The van der Waals surface area contributed by atoms with Crippen molar-refractivity contribution in [1.82, 2.24) is 0 Å². The Morgan fingerprint density at radius 2 is 1.54 bits per heavy atom. The molecular weight excluding hydrogens is 348 g/mol. The third-order valence-corrected chi connectivity index (χ3v) is 4.30. The van der Waals surface area contributed by atoms with Crippen LogP contribution in [0.25, 0.3) is 11.1 Å². The third-order valence-electron chi connectivity index (χ3n) is 4.30. The Bertz CT molecular complexity index is 935. The lowest BCUT2D eigenvalue weighted by molar-refractivity contribution is 0.299. The second-order valence-corrected chi connectivity index (χ2v) is 6.47. The predicted molar refractivity (Wildman–Crippen MR) is 112 cm³/mol. The van der Waals surface area contributed by atoms with E-state index in [-0.39, 0.29) is 13.2 Å². The van der Waals surface area contributed by atoms with Crippen LogP contribution < -0.4 is 4.74 Å². The van der Waals surface area contributed by atoms with Crippen LogP contribution in [-0.4, -0.2) is 23.4 Å². The van der Waals surface area contributed by atoms with Gasteiger partial charge in [0.15, 0.2) is 0 Å². The molecule has 0 aliphatic heterocycles. The summed E-state index contributed by atoms with van der Waals surface area (Å²) in [6.45, 7) is 0.691. The Labute approximate surface area is 166 Å². The minimum Gasteiger partial charge on any atom is -0.489 e. The normalized spacial score (nSPS) is 10.2. The molecule has 0 atom stereocenters. The molecule has 142 valence electrons. The van der Waals surface area contributed by atoms with E-state index in [1.165, 1.54) is 0 Å². The summed E-state index contributed by atoms with van der Waals surface area (Å²) in [5.74, 6) is 6.87. The summed E-state index contributed by atoms with van der Waals surface area (Å²) in [4.78, 5) is 0. The molecule has 0 amide bonds. The monoisotopic (exact) mass is 372 g/mol. The first kappa shape index (κ1) is 19.7. The molecule has 0 fully saturated rings. The third kappa shape index (κ3) is 5.72. The predicted octanol–water partition coefficient (Wildman–Crippen LogP) is 4.20. The summed E-state index contributed by atoms with van der Waals surface area (Å²) in [6, 6.07) is 24.2. The van der Waals surface area contributed by atoms with Gasteiger partial charge >= 0.3 is 0 Å². The van der Waals surface area contributed by atoms with Gasteiger partial charge in [-0.3, -0.25) is 0 Å². The molecule has 0 saturated heterocycles. The molecule has 0 radical (unpaired) electrons. The van der Waals surface area contributed by atoms with Crippen molar-refractivity contribution in [2.24, 2.45) is 0 Å². The molecule has 0 saturated carbocycles. The molecule has 0 bridgehead atoms. The van der Waals surface area contributed by atoms with E-state index in [0.717, 1.165) is 33.6 Å². The fourth-order valence-corrected chi connectivity index (χ4v) is 2.91. The van der Waals surface area contributed by atoms with Crippen molar-refractivity contribution in [3.05, 3.63) is 89.5 Å². The topological polar surface area (TPSA) is 49.7 Å². The largest absolute Gasteiger partial charge is 0.489 e. The number of hydrogen-bond donors (Lipinski definition) is 2. The van der Waals surface area contributed by atoms with Crippen molar-refractivity contribution in [3.63, 3.8) is 0 Å². The Morgan fingerprint density at radius 1 is 0.750 bits per heavy atom. The molecule has 0 aliphatic carbocycles. The van der Waals surface area contributed by atoms with Gasteiger partial charge in [-0.2, -0.15) is 0 Å². The van der Waals surface area contributed by atoms with E-state index in [4.69, 9.17) is 9.84 Å². The second kappa shape index (κ2) is 10.3. The van der Waals surface area contributed by atoms with Gasteiger partial charge in [-0.05, 0) is 52.9 Å². The van der Waals surface area contributed by atoms with Crippen LogP contribution in [0.15, 0.2) is 72.8 Å². The van der Waals surface area contributed by atoms with Crippen molar-refractivity contribution in [2.45, 2.75) is 19.4 Å². The Balaban J connectivity index is 1.77. The highest BCUT2D eigenvalue weighted by Crippen LogP contribution is 2.25. The molecule has 3 rings (SSSR count). The molecular formula is C25H24O3. The first-order chi connectivity index (χ1) is 13.8. The fraction of sp³-hybridized carbons (Fsp3) is 0.200. The highest BCUT2D eigenvalue weighted by molar-refractivity contribution is 5.67. The first-order valence-electron chi connectivity index (χ1n) is 9.40. The number of aliphatic hydroxyl groups is 2. The summed E-state index contributed by atoms with van der Waals surface area (Å²) >= 11 is 0. The van der Waals surface area contributed by atoms with Gasteiger partial charge in [-0.25, -0.2) is 0 Å². The highest BCUT2D eigenvalue weighted by atomic mass is 16.5. The molecule has 3 aromatic rings. The van der Waals surface area contributed by atoms with Crippen molar-refractivity contribution in [3.8, 4) is 28.7 Å². The van der Waals surface area contributed by atoms with Crippen molar-refractivity contribution < 1.29 is 14.9 Å². The van der Waals surface area contributed by atoms with Crippen LogP contribution in [0.1, 0.15) is 23.1 Å². The van der Waals surface area contributed by atoms with E-state index < -0.39 is 0 Å². The van der Waals surface area contributed by atoms with E-state index in [0.29, 0.717) is 19.4 Å². The summed E-state index contributed by atoms with van der Waals surface area (Å²) in [6.07, 6.45) is 1.04. The zero-order valence-corrected chi connectivity index (χ0v) is 15.8. The molecule has 2 N–H and O–H groups in total. The lowest BCUT2D eigenvalue weighted by atomic mass is 9.98. The average Bonchev–Trinajstić information content (AvgIpc) is 2.74. The maximum atomic E-state index is 9.29. The van der Waals surface area contributed by atoms with Crippen LogP contribution in [-0.2, 0) is 13.0 Å². The van der Waals surface area contributed by atoms with Crippen LogP contribution in [0.4, 0.5) is 0 Å². The van der Waals surface area contributed by atoms with Gasteiger partial charge in [0.05, 0.1) is 6.61 Å². The lowest BCUT2D eigenvalue weighted by Gasteiger charge is -2.09. The highest BCUT2D eigenvalue weighted by Gasteiger charge is 2.04. The lowest BCUT2D eigenvalue weighted by Crippen LogP contribution is -1.95. The summed E-state index contributed by atoms with van der Waals surface area (Å²) in [5, 5.41) is 18.2. The first-order valence-corrected chi connectivity index (χ1v) is 9.40. The molecule has 3 nitrogen and oxygen atoms in total. The van der Waals surface area contributed by atoms with E-state index in [9.17, 15) is 5.11 Å². The minimum absolute atomic E-state index is 0.0562. The average molecular weight is 372 g/mol. The maximum absolute atomic E-state index is 9.29. The molecule has 0 aromatic heterocycles. The van der Waals surface area contributed by atoms with Gasteiger partial charge in [0.1, 0.15) is 12.4 Å². The van der Waals surface area contributed by atoms with E-state index in [1.807, 2.05) is 66.7 Å². The van der Waals surface area contributed by atoms with Crippen molar-refractivity contribution >= 4 is 0 Å². The summed E-state index contributed by atoms with van der Waals surface area (Å²) in [7, 11) is 0. The van der Waals surface area contributed by atoms with E-state index >= 15 is 0 Å². The standard InChI is InChI=1S/C25H24O3/c26-14-5-4-8-21-16-22(13-15-27)18-24(17-21)23-9-11-25(12-10-23)28-19-20-6-2-1-3-7-20/h1-3,6-7,9-12,16-18,26-27H,5,13-15,19H2. The summed E-state index contributed by atoms with van der Waals surface area (Å²) in [5.41, 5.74) is 5.18. The van der Waals surface area contributed by atoms with Crippen molar-refractivity contribution in [2.75, 3.05) is 13.2 Å². The number of rotatable bonds is 7. The number of benzene rings is 3. The van der Waals surface area contributed by atoms with Crippen LogP contribution in [0, 0.1) is 11.8 Å². The quantitative estimate of drug-likeness (QED) is 0.611. The zero-order chi connectivity index (χ0) is 19.6. The molecule has 0 heterocycles. The summed E-state index contributed by atoms with van der Waals surface area (Å²) < 4.78 is 5.86. The Hall–Kier alpha value is -3.06. The molecule has 28 heavy (non-hydrogen) atoms. The number of aliphatic hydroxyl groups excluding tert-OH is 2. The van der Waals surface area contributed by atoms with E-state index in [1.54, 1.807) is 0 Å². The van der Waals surface area contributed by atoms with Gasteiger partial charge < -0.3 is 14.9 Å². The molecule has 3 heteroatoms. The smallest absolute Gasteiger partial charge is 0.119 e. The van der Waals surface area contributed by atoms with Gasteiger partial charge in [-0.15, -0.1) is 0 Å². The molecule has 0 unspecified atom stereocenters. The maximum Gasteiger partial charge on any atom is 0.119 e. The van der Waals surface area contributed by atoms with Crippen LogP contribution in [0.3, 0.4) is 0 Å². The number of ether oxygens (including phenoxy) is 1. The Morgan fingerprint density at radius 3 is 2.25 bits per heavy atom. The Kier molecular flexibility index (Phi) is 7.26. The second-order valence-electron chi connectivity index (χ2n) is 6.47. The van der Waals surface area contributed by atoms with Gasteiger partial charge in [-0.1, -0.05) is 60.4 Å². The minimum atomic E-state index is 0.0562. The number of hydrogen-bond acceptors (Lipinski definition) is 3. The van der Waals surface area contributed by atoms with Crippen LogP contribution in [0.2, 0.25) is 0 Å². The van der Waals surface area contributed by atoms with Gasteiger partial charge in [0, 0.05) is 18.6 Å². The van der Waals surface area contributed by atoms with Gasteiger partial charge in [0.2, 0.25) is 0 Å². The van der Waals surface area contributed by atoms with Crippen LogP contribution in [0.5, 0.6) is 5.75 Å². The van der Waals surface area contributed by atoms with Crippen LogP contribution >= 0.6 is 0 Å².